The number of halogens is 1. The monoisotopic (exact) mass is 392 g/mol. The number of aliphatic hydroxyl groups is 1. The number of hydrogen-bond donors (Lipinski definition) is 1. The molecule has 0 atom stereocenters. The first kappa shape index (κ1) is 18.9. The fraction of sp³-hybridized carbons (Fsp3) is 0.357. The maximum absolute atomic E-state index is 11.0. The van der Waals surface area contributed by atoms with E-state index in [1.165, 1.54) is 18.2 Å². The largest absolute Gasteiger partial charge is 0.391 e. The zero-order valence-electron chi connectivity index (χ0n) is 11.8. The van der Waals surface area contributed by atoms with E-state index in [9.17, 15) is 14.4 Å². The Morgan fingerprint density at radius 2 is 1.85 bits per heavy atom. The van der Waals surface area contributed by atoms with Crippen molar-refractivity contribution in [2.75, 3.05) is 34.3 Å². The Morgan fingerprint density at radius 3 is 2.15 bits per heavy atom. The summed E-state index contributed by atoms with van der Waals surface area (Å²) in [5.41, 5.74) is 0.980. The second-order valence-electron chi connectivity index (χ2n) is 5.09. The van der Waals surface area contributed by atoms with Gasteiger partial charge in [-0.15, -0.1) is 0 Å². The summed E-state index contributed by atoms with van der Waals surface area (Å²) >= 11 is 1.59. The van der Waals surface area contributed by atoms with E-state index in [0.717, 1.165) is 11.0 Å². The smallest absolute Gasteiger partial charge is 0.223 e. The van der Waals surface area contributed by atoms with Crippen LogP contribution in [0.1, 0.15) is 31.1 Å². The lowest BCUT2D eigenvalue weighted by Gasteiger charge is -2.21. The van der Waals surface area contributed by atoms with Crippen molar-refractivity contribution < 1.29 is 24.0 Å². The highest BCUT2D eigenvalue weighted by Crippen LogP contribution is 2.12. The van der Waals surface area contributed by atoms with Crippen molar-refractivity contribution in [3.63, 3.8) is 0 Å². The molecule has 0 fully saturated rings. The number of aliphatic hydroxyl groups excluding tert-OH is 1. The van der Waals surface area contributed by atoms with E-state index >= 15 is 0 Å². The van der Waals surface area contributed by atoms with Gasteiger partial charge in [-0.1, -0.05) is 6.07 Å². The lowest BCUT2D eigenvalue weighted by molar-refractivity contribution is -0.870. The Bertz CT molecular complexity index is 481. The maximum atomic E-state index is 11.0. The first-order valence-corrected chi connectivity index (χ1v) is 6.98. The van der Waals surface area contributed by atoms with Crippen LogP contribution in [0.5, 0.6) is 0 Å². The molecule has 0 saturated carbocycles. The average Bonchev–Trinajstić information content (AvgIpc) is 2.37. The summed E-state index contributed by atoms with van der Waals surface area (Å²) < 4.78 is 0.633. The van der Waals surface area contributed by atoms with Gasteiger partial charge in [-0.3, -0.25) is 14.4 Å². The van der Waals surface area contributed by atoms with Crippen molar-refractivity contribution in [3.8, 4) is 0 Å². The summed E-state index contributed by atoms with van der Waals surface area (Å²) in [7, 11) is 6.16. The van der Waals surface area contributed by atoms with Gasteiger partial charge in [0.1, 0.15) is 12.8 Å². The molecular formula is C14H19INO4+. The van der Waals surface area contributed by atoms with Gasteiger partial charge < -0.3 is 9.59 Å². The quantitative estimate of drug-likeness (QED) is 0.358. The van der Waals surface area contributed by atoms with Gasteiger partial charge in [-0.2, -0.15) is 0 Å². The molecule has 0 saturated heterocycles. The third-order valence-electron chi connectivity index (χ3n) is 2.32. The highest BCUT2D eigenvalue weighted by molar-refractivity contribution is 14.1. The number of hydrogen-bond acceptors (Lipinski definition) is 4. The Kier molecular flexibility index (Phi) is 8.43. The molecule has 0 aliphatic rings. The van der Waals surface area contributed by atoms with Crippen molar-refractivity contribution in [3.05, 3.63) is 34.9 Å². The lowest BCUT2D eigenvalue weighted by atomic mass is 10.1. The molecule has 0 aromatic heterocycles. The minimum absolute atomic E-state index is 0.211. The van der Waals surface area contributed by atoms with Crippen molar-refractivity contribution in [1.82, 2.24) is 0 Å². The highest BCUT2D eigenvalue weighted by Gasteiger charge is 2.07. The molecule has 0 amide bonds. The number of quaternary nitrogens is 1. The molecule has 1 aromatic carbocycles. The van der Waals surface area contributed by atoms with Gasteiger partial charge in [0.15, 0.2) is 6.29 Å². The highest BCUT2D eigenvalue weighted by atomic mass is 127. The summed E-state index contributed by atoms with van der Waals surface area (Å²) in [6, 6.07) is 4.38. The lowest BCUT2D eigenvalue weighted by Crippen LogP contribution is -2.36. The molecule has 1 rings (SSSR count). The zero-order valence-corrected chi connectivity index (χ0v) is 14.0. The van der Waals surface area contributed by atoms with Crippen LogP contribution in [-0.2, 0) is 0 Å². The molecular weight excluding hydrogens is 373 g/mol. The maximum Gasteiger partial charge on any atom is 0.223 e. The van der Waals surface area contributed by atoms with E-state index in [2.05, 4.69) is 21.1 Å². The molecule has 110 valence electrons. The molecule has 20 heavy (non-hydrogen) atoms. The summed E-state index contributed by atoms with van der Waals surface area (Å²) in [5.74, 6) is 0. The van der Waals surface area contributed by atoms with Crippen molar-refractivity contribution >= 4 is 39.0 Å². The van der Waals surface area contributed by atoms with E-state index in [1.54, 1.807) is 22.6 Å². The molecule has 6 heteroatoms. The van der Waals surface area contributed by atoms with E-state index in [-0.39, 0.29) is 16.0 Å². The van der Waals surface area contributed by atoms with E-state index < -0.39 is 0 Å². The fourth-order valence-corrected chi connectivity index (χ4v) is 1.72. The molecule has 1 aromatic rings. The second kappa shape index (κ2) is 8.93. The molecule has 0 spiro atoms. The number of likely N-dealkylation sites (N-methyl/N-ethyl adjacent to an activating group) is 1. The molecule has 0 unspecified atom stereocenters. The van der Waals surface area contributed by atoms with Crippen molar-refractivity contribution in [1.29, 1.82) is 0 Å². The molecule has 0 heterocycles. The van der Waals surface area contributed by atoms with Crippen LogP contribution in [0.15, 0.2) is 18.2 Å². The van der Waals surface area contributed by atoms with Crippen LogP contribution >= 0.6 is 22.6 Å². The van der Waals surface area contributed by atoms with Crippen molar-refractivity contribution in [2.24, 2.45) is 0 Å². The Labute approximate surface area is 132 Å². The van der Waals surface area contributed by atoms with Crippen LogP contribution in [0, 0.1) is 0 Å². The van der Waals surface area contributed by atoms with Crippen LogP contribution in [0.2, 0.25) is 0 Å². The number of rotatable bonds is 5. The summed E-state index contributed by atoms with van der Waals surface area (Å²) in [6.45, 7) is 1.11. The molecule has 0 aliphatic carbocycles. The number of nitrogens with zero attached hydrogens (tertiary/aromatic N) is 1. The Hall–Kier alpha value is -1.12. The standard InChI is InChI=1S/C9H5IO3.C5H14NO/c10-9(13)8-2-1-6(4-11)3-7(8)5-12;1-6(2,3)4-5-7/h1-5H;7H,4-5H2,1-3H3/q;+1. The fourth-order valence-electron chi connectivity index (χ4n) is 1.23. The minimum Gasteiger partial charge on any atom is -0.391 e. The Morgan fingerprint density at radius 1 is 1.25 bits per heavy atom. The third kappa shape index (κ3) is 7.46. The van der Waals surface area contributed by atoms with Gasteiger partial charge in [0.2, 0.25) is 3.79 Å². The molecule has 0 bridgehead atoms. The van der Waals surface area contributed by atoms with Crippen LogP contribution in [-0.4, -0.2) is 60.2 Å². The van der Waals surface area contributed by atoms with E-state index in [4.69, 9.17) is 5.11 Å². The topological polar surface area (TPSA) is 71.4 Å². The van der Waals surface area contributed by atoms with Gasteiger partial charge in [-0.25, -0.2) is 0 Å². The van der Waals surface area contributed by atoms with Crippen LogP contribution < -0.4 is 0 Å². The van der Waals surface area contributed by atoms with Crippen LogP contribution in [0.25, 0.3) is 0 Å². The minimum atomic E-state index is -0.211. The summed E-state index contributed by atoms with van der Waals surface area (Å²) in [6.07, 6.45) is 1.20. The summed E-state index contributed by atoms with van der Waals surface area (Å²) in [4.78, 5) is 31.8. The average molecular weight is 392 g/mol. The third-order valence-corrected chi connectivity index (χ3v) is 2.90. The number of benzene rings is 1. The van der Waals surface area contributed by atoms with E-state index in [1.807, 2.05) is 0 Å². The van der Waals surface area contributed by atoms with E-state index in [0.29, 0.717) is 23.7 Å². The van der Waals surface area contributed by atoms with Crippen LogP contribution in [0.3, 0.4) is 0 Å². The molecule has 0 radical (unpaired) electrons. The summed E-state index contributed by atoms with van der Waals surface area (Å²) in [5, 5.41) is 8.39. The number of aldehydes is 2. The predicted molar refractivity (Wildman–Crippen MR) is 85.6 cm³/mol. The number of carbonyl (C=O) groups excluding carboxylic acids is 3. The Balaban J connectivity index is 0.000000441. The SMILES string of the molecule is C[N+](C)(C)CCO.O=Cc1ccc(C(=O)I)c(C=O)c1. The van der Waals surface area contributed by atoms with Gasteiger partial charge in [-0.05, 0) is 12.1 Å². The predicted octanol–water partition coefficient (Wildman–Crippen LogP) is 1.57. The van der Waals surface area contributed by atoms with Crippen LogP contribution in [0.4, 0.5) is 0 Å². The first-order chi connectivity index (χ1) is 9.25. The molecule has 1 N–H and O–H groups in total. The van der Waals surface area contributed by atoms with Crippen molar-refractivity contribution in [2.45, 2.75) is 0 Å². The normalized spacial score (nSPS) is 10.2. The molecule has 5 nitrogen and oxygen atoms in total. The zero-order chi connectivity index (χ0) is 15.8. The van der Waals surface area contributed by atoms with Gasteiger partial charge in [0.05, 0.1) is 27.7 Å². The van der Waals surface area contributed by atoms with Gasteiger partial charge in [0.25, 0.3) is 0 Å². The first-order valence-electron chi connectivity index (χ1n) is 5.90. The number of carbonyl (C=O) groups is 3. The van der Waals surface area contributed by atoms with Gasteiger partial charge in [0, 0.05) is 39.3 Å². The van der Waals surface area contributed by atoms with Gasteiger partial charge >= 0.3 is 0 Å². The second-order valence-corrected chi connectivity index (χ2v) is 6.07. The molecule has 0 aliphatic heterocycles.